The normalized spacial score (nSPS) is 26.0. The Morgan fingerprint density at radius 3 is 2.71 bits per heavy atom. The van der Waals surface area contributed by atoms with Gasteiger partial charge in [0.2, 0.25) is 10.0 Å². The third kappa shape index (κ3) is 6.63. The van der Waals surface area contributed by atoms with Gasteiger partial charge in [-0.05, 0) is 57.0 Å². The summed E-state index contributed by atoms with van der Waals surface area (Å²) in [5.74, 6) is 1.31. The molecule has 2 aliphatic heterocycles. The van der Waals surface area contributed by atoms with Crippen LogP contribution >= 0.6 is 0 Å². The summed E-state index contributed by atoms with van der Waals surface area (Å²) < 4.78 is 32.1. The minimum atomic E-state index is -3.12. The molecule has 1 N–H and O–H groups in total. The minimum Gasteiger partial charge on any atom is -0.381 e. The van der Waals surface area contributed by atoms with Gasteiger partial charge in [-0.3, -0.25) is 0 Å². The molecule has 2 rings (SSSR count). The molecule has 6 heteroatoms. The quantitative estimate of drug-likeness (QED) is 0.722. The Morgan fingerprint density at radius 1 is 1.24 bits per heavy atom. The number of piperidine rings is 1. The molecule has 0 aromatic rings. The van der Waals surface area contributed by atoms with Gasteiger partial charge in [0.1, 0.15) is 0 Å². The lowest BCUT2D eigenvalue weighted by Crippen LogP contribution is -2.37. The van der Waals surface area contributed by atoms with Crippen LogP contribution in [0.3, 0.4) is 0 Å². The van der Waals surface area contributed by atoms with Crippen molar-refractivity contribution in [3.63, 3.8) is 0 Å². The molecular formula is C15H30N2O3S. The highest BCUT2D eigenvalue weighted by Crippen LogP contribution is 2.17. The molecule has 124 valence electrons. The smallest absolute Gasteiger partial charge is 0.211 e. The number of sulfonamides is 1. The fourth-order valence-corrected chi connectivity index (χ4v) is 4.83. The van der Waals surface area contributed by atoms with E-state index in [9.17, 15) is 8.42 Å². The van der Waals surface area contributed by atoms with Crippen molar-refractivity contribution in [2.75, 3.05) is 45.1 Å². The van der Waals surface area contributed by atoms with Crippen LogP contribution in [-0.4, -0.2) is 58.5 Å². The van der Waals surface area contributed by atoms with Crippen molar-refractivity contribution in [1.82, 2.24) is 9.62 Å². The van der Waals surface area contributed by atoms with Crippen LogP contribution in [0.15, 0.2) is 0 Å². The molecule has 0 aliphatic carbocycles. The number of ether oxygens (including phenoxy) is 1. The molecule has 1 unspecified atom stereocenters. The first-order valence-corrected chi connectivity index (χ1v) is 9.98. The molecule has 5 nitrogen and oxygen atoms in total. The van der Waals surface area contributed by atoms with Gasteiger partial charge in [0.15, 0.2) is 0 Å². The third-order valence-corrected chi connectivity index (χ3v) is 6.06. The highest BCUT2D eigenvalue weighted by atomic mass is 32.2. The summed E-state index contributed by atoms with van der Waals surface area (Å²) in [5, 5.41) is 0. The highest BCUT2D eigenvalue weighted by Gasteiger charge is 2.21. The predicted molar refractivity (Wildman–Crippen MR) is 84.8 cm³/mol. The van der Waals surface area contributed by atoms with Gasteiger partial charge >= 0.3 is 0 Å². The van der Waals surface area contributed by atoms with Crippen LogP contribution in [0.4, 0.5) is 0 Å². The van der Waals surface area contributed by atoms with Gasteiger partial charge in [-0.1, -0.05) is 6.92 Å². The van der Waals surface area contributed by atoms with E-state index in [2.05, 4.69) is 16.5 Å². The Labute approximate surface area is 129 Å². The van der Waals surface area contributed by atoms with E-state index in [1.165, 1.54) is 19.4 Å². The fourth-order valence-electron chi connectivity index (χ4n) is 3.30. The van der Waals surface area contributed by atoms with Gasteiger partial charge in [0, 0.05) is 26.3 Å². The Kier molecular flexibility index (Phi) is 6.92. The van der Waals surface area contributed by atoms with Gasteiger partial charge in [-0.15, -0.1) is 0 Å². The lowest BCUT2D eigenvalue weighted by Gasteiger charge is -2.30. The lowest BCUT2D eigenvalue weighted by atomic mass is 10.0. The van der Waals surface area contributed by atoms with E-state index < -0.39 is 10.0 Å². The summed E-state index contributed by atoms with van der Waals surface area (Å²) in [6, 6.07) is 0. The standard InChI is InChI=1S/C15H30N2O3S/c1-14-4-2-8-17(12-14)9-3-7-16-21(18,19)13-15-5-10-20-11-6-15/h14-16H,2-13H2,1H3. The molecule has 2 aliphatic rings. The number of hydrogen-bond acceptors (Lipinski definition) is 4. The van der Waals surface area contributed by atoms with Crippen molar-refractivity contribution in [3.05, 3.63) is 0 Å². The Hall–Kier alpha value is -0.170. The minimum absolute atomic E-state index is 0.261. The second kappa shape index (κ2) is 8.46. The van der Waals surface area contributed by atoms with Crippen molar-refractivity contribution < 1.29 is 13.2 Å². The van der Waals surface area contributed by atoms with Crippen LogP contribution < -0.4 is 4.72 Å². The second-order valence-electron chi connectivity index (χ2n) is 6.63. The first-order chi connectivity index (χ1) is 10.1. The monoisotopic (exact) mass is 318 g/mol. The number of hydrogen-bond donors (Lipinski definition) is 1. The average Bonchev–Trinajstić information content (AvgIpc) is 2.44. The predicted octanol–water partition coefficient (Wildman–Crippen LogP) is 1.45. The molecule has 2 saturated heterocycles. The van der Waals surface area contributed by atoms with Gasteiger partial charge in [-0.2, -0.15) is 0 Å². The molecular weight excluding hydrogens is 288 g/mol. The molecule has 0 aromatic heterocycles. The molecule has 2 heterocycles. The molecule has 1 atom stereocenters. The van der Waals surface area contributed by atoms with Gasteiger partial charge < -0.3 is 9.64 Å². The molecule has 0 saturated carbocycles. The van der Waals surface area contributed by atoms with E-state index in [0.717, 1.165) is 38.3 Å². The maximum atomic E-state index is 12.0. The summed E-state index contributed by atoms with van der Waals surface area (Å²) in [6.07, 6.45) is 5.24. The molecule has 0 aromatic carbocycles. The van der Waals surface area contributed by atoms with Crippen molar-refractivity contribution in [2.45, 2.75) is 39.0 Å². The largest absolute Gasteiger partial charge is 0.381 e. The maximum Gasteiger partial charge on any atom is 0.211 e. The zero-order valence-electron chi connectivity index (χ0n) is 13.2. The zero-order chi connectivity index (χ0) is 15.1. The molecule has 2 fully saturated rings. The number of likely N-dealkylation sites (tertiary alicyclic amines) is 1. The number of rotatable bonds is 7. The zero-order valence-corrected chi connectivity index (χ0v) is 14.0. The third-order valence-electron chi connectivity index (χ3n) is 4.51. The van der Waals surface area contributed by atoms with E-state index in [0.29, 0.717) is 19.8 Å². The fraction of sp³-hybridized carbons (Fsp3) is 1.00. The van der Waals surface area contributed by atoms with Crippen LogP contribution in [-0.2, 0) is 14.8 Å². The number of nitrogens with zero attached hydrogens (tertiary/aromatic N) is 1. The summed E-state index contributed by atoms with van der Waals surface area (Å²) in [6.45, 7) is 7.60. The Morgan fingerprint density at radius 2 is 2.00 bits per heavy atom. The van der Waals surface area contributed by atoms with E-state index in [4.69, 9.17) is 4.74 Å². The summed E-state index contributed by atoms with van der Waals surface area (Å²) in [7, 11) is -3.12. The van der Waals surface area contributed by atoms with E-state index in [-0.39, 0.29) is 11.7 Å². The van der Waals surface area contributed by atoms with Crippen LogP contribution in [0, 0.1) is 11.8 Å². The Bertz CT molecular complexity index is 394. The van der Waals surface area contributed by atoms with Crippen LogP contribution in [0.25, 0.3) is 0 Å². The summed E-state index contributed by atoms with van der Waals surface area (Å²) in [4.78, 5) is 2.46. The van der Waals surface area contributed by atoms with Crippen molar-refractivity contribution >= 4 is 10.0 Å². The molecule has 21 heavy (non-hydrogen) atoms. The van der Waals surface area contributed by atoms with Gasteiger partial charge in [-0.25, -0.2) is 13.1 Å². The van der Waals surface area contributed by atoms with E-state index in [1.54, 1.807) is 0 Å². The van der Waals surface area contributed by atoms with E-state index in [1.807, 2.05) is 0 Å². The first-order valence-electron chi connectivity index (χ1n) is 8.32. The molecule has 0 bridgehead atoms. The van der Waals surface area contributed by atoms with E-state index >= 15 is 0 Å². The van der Waals surface area contributed by atoms with Crippen LogP contribution in [0.2, 0.25) is 0 Å². The van der Waals surface area contributed by atoms with Gasteiger partial charge in [0.05, 0.1) is 5.75 Å². The van der Waals surface area contributed by atoms with Crippen molar-refractivity contribution in [3.8, 4) is 0 Å². The van der Waals surface area contributed by atoms with Crippen LogP contribution in [0.1, 0.15) is 39.0 Å². The SMILES string of the molecule is CC1CCCN(CCCNS(=O)(=O)CC2CCOCC2)C1. The molecule has 0 amide bonds. The first kappa shape index (κ1) is 17.2. The maximum absolute atomic E-state index is 12.0. The highest BCUT2D eigenvalue weighted by molar-refractivity contribution is 7.89. The molecule has 0 radical (unpaired) electrons. The van der Waals surface area contributed by atoms with Crippen molar-refractivity contribution in [2.24, 2.45) is 11.8 Å². The number of nitrogens with one attached hydrogen (secondary N) is 1. The topological polar surface area (TPSA) is 58.6 Å². The summed E-state index contributed by atoms with van der Waals surface area (Å²) >= 11 is 0. The summed E-state index contributed by atoms with van der Waals surface area (Å²) in [5.41, 5.74) is 0. The van der Waals surface area contributed by atoms with Crippen molar-refractivity contribution in [1.29, 1.82) is 0 Å². The molecule has 0 spiro atoms. The Balaban J connectivity index is 1.60. The lowest BCUT2D eigenvalue weighted by molar-refractivity contribution is 0.0723. The average molecular weight is 318 g/mol. The van der Waals surface area contributed by atoms with Crippen LogP contribution in [0.5, 0.6) is 0 Å². The van der Waals surface area contributed by atoms with Gasteiger partial charge in [0.25, 0.3) is 0 Å². The second-order valence-corrected chi connectivity index (χ2v) is 8.48.